The average molecular weight is 302 g/mol. The lowest BCUT2D eigenvalue weighted by molar-refractivity contribution is -0.139. The van der Waals surface area contributed by atoms with E-state index in [2.05, 4.69) is 22.1 Å². The molecule has 0 spiro atoms. The van der Waals surface area contributed by atoms with Gasteiger partial charge in [0, 0.05) is 45.0 Å². The van der Waals surface area contributed by atoms with Gasteiger partial charge in [-0.2, -0.15) is 0 Å². The van der Waals surface area contributed by atoms with Crippen LogP contribution in [0.2, 0.25) is 0 Å². The maximum absolute atomic E-state index is 13.2. The Labute approximate surface area is 132 Å². The van der Waals surface area contributed by atoms with Crippen LogP contribution in [-0.4, -0.2) is 59.5 Å². The monoisotopic (exact) mass is 302 g/mol. The molecule has 2 aliphatic rings. The molecule has 2 saturated heterocycles. The Kier molecular flexibility index (Phi) is 5.05. The summed E-state index contributed by atoms with van der Waals surface area (Å²) >= 11 is 0. The van der Waals surface area contributed by atoms with Gasteiger partial charge in [0.05, 0.1) is 5.69 Å². The normalized spacial score (nSPS) is 25.0. The first-order valence-electron chi connectivity index (χ1n) is 8.43. The summed E-state index contributed by atoms with van der Waals surface area (Å²) in [6.07, 6.45) is 5.27. The summed E-state index contributed by atoms with van der Waals surface area (Å²) in [6.45, 7) is 6.72. The second kappa shape index (κ2) is 7.20. The van der Waals surface area contributed by atoms with Crippen molar-refractivity contribution in [1.29, 1.82) is 0 Å². The van der Waals surface area contributed by atoms with Crippen molar-refractivity contribution in [1.82, 2.24) is 20.1 Å². The summed E-state index contributed by atoms with van der Waals surface area (Å²) < 4.78 is 0. The summed E-state index contributed by atoms with van der Waals surface area (Å²) in [5, 5.41) is 3.40. The minimum Gasteiger partial charge on any atom is -0.341 e. The summed E-state index contributed by atoms with van der Waals surface area (Å²) in [4.78, 5) is 22.0. The molecule has 2 aliphatic heterocycles. The molecular formula is C17H26N4O. The number of piperidine rings is 1. The summed E-state index contributed by atoms with van der Waals surface area (Å²) in [7, 11) is 0. The van der Waals surface area contributed by atoms with Crippen molar-refractivity contribution < 1.29 is 4.79 Å². The van der Waals surface area contributed by atoms with Gasteiger partial charge in [0.15, 0.2) is 0 Å². The zero-order valence-electron chi connectivity index (χ0n) is 13.4. The second-order valence-corrected chi connectivity index (χ2v) is 6.33. The van der Waals surface area contributed by atoms with Crippen LogP contribution in [0.15, 0.2) is 24.4 Å². The van der Waals surface area contributed by atoms with E-state index in [1.807, 2.05) is 23.1 Å². The third-order valence-corrected chi connectivity index (χ3v) is 4.75. The van der Waals surface area contributed by atoms with Crippen molar-refractivity contribution >= 4 is 5.91 Å². The Morgan fingerprint density at radius 1 is 1.27 bits per heavy atom. The number of carbonyl (C=O) groups excluding carboxylic acids is 1. The van der Waals surface area contributed by atoms with Gasteiger partial charge in [-0.15, -0.1) is 0 Å². The lowest BCUT2D eigenvalue weighted by atomic mass is 10.0. The van der Waals surface area contributed by atoms with Crippen LogP contribution in [0.4, 0.5) is 0 Å². The van der Waals surface area contributed by atoms with Crippen LogP contribution in [0.5, 0.6) is 0 Å². The fourth-order valence-electron chi connectivity index (χ4n) is 3.50. The predicted octanol–water partition coefficient (Wildman–Crippen LogP) is 1.43. The number of piperazine rings is 1. The first-order chi connectivity index (χ1) is 10.8. The van der Waals surface area contributed by atoms with E-state index in [0.717, 1.165) is 51.3 Å². The van der Waals surface area contributed by atoms with Crippen LogP contribution < -0.4 is 5.32 Å². The number of likely N-dealkylation sites (tertiary alicyclic amines) is 1. The number of amides is 1. The Hall–Kier alpha value is -1.46. The molecule has 120 valence electrons. The molecule has 0 bridgehead atoms. The van der Waals surface area contributed by atoms with E-state index in [1.54, 1.807) is 6.20 Å². The minimum atomic E-state index is -0.239. The van der Waals surface area contributed by atoms with Crippen molar-refractivity contribution in [3.8, 4) is 0 Å². The molecule has 5 heteroatoms. The second-order valence-electron chi connectivity index (χ2n) is 6.33. The van der Waals surface area contributed by atoms with Crippen LogP contribution in [0.25, 0.3) is 0 Å². The lowest BCUT2D eigenvalue weighted by Crippen LogP contribution is -2.55. The largest absolute Gasteiger partial charge is 0.341 e. The van der Waals surface area contributed by atoms with E-state index in [4.69, 9.17) is 0 Å². The number of nitrogens with one attached hydrogen (secondary N) is 1. The molecule has 1 N–H and O–H groups in total. The molecule has 2 fully saturated rings. The summed E-state index contributed by atoms with van der Waals surface area (Å²) in [6, 6.07) is 5.98. The third-order valence-electron chi connectivity index (χ3n) is 4.75. The number of carbonyl (C=O) groups is 1. The van der Waals surface area contributed by atoms with Crippen molar-refractivity contribution in [3.63, 3.8) is 0 Å². The van der Waals surface area contributed by atoms with Crippen LogP contribution in [0, 0.1) is 0 Å². The van der Waals surface area contributed by atoms with Crippen LogP contribution in [0.3, 0.4) is 0 Å². The average Bonchev–Trinajstić information content (AvgIpc) is 2.58. The Morgan fingerprint density at radius 2 is 2.09 bits per heavy atom. The molecule has 0 saturated carbocycles. The van der Waals surface area contributed by atoms with Crippen molar-refractivity contribution in [3.05, 3.63) is 30.1 Å². The molecule has 1 aromatic heterocycles. The van der Waals surface area contributed by atoms with Gasteiger partial charge in [-0.1, -0.05) is 6.07 Å². The SMILES string of the molecule is CC1CNCCN1C(C(=O)N1CCCCC1)c1ccccn1. The van der Waals surface area contributed by atoms with Gasteiger partial charge in [0.2, 0.25) is 5.91 Å². The van der Waals surface area contributed by atoms with Crippen molar-refractivity contribution in [2.45, 2.75) is 38.3 Å². The quantitative estimate of drug-likeness (QED) is 0.917. The summed E-state index contributed by atoms with van der Waals surface area (Å²) in [5.74, 6) is 0.229. The van der Waals surface area contributed by atoms with Crippen LogP contribution in [-0.2, 0) is 4.79 Å². The van der Waals surface area contributed by atoms with Gasteiger partial charge in [0.1, 0.15) is 6.04 Å². The number of hydrogen-bond acceptors (Lipinski definition) is 4. The van der Waals surface area contributed by atoms with Gasteiger partial charge in [-0.3, -0.25) is 14.7 Å². The van der Waals surface area contributed by atoms with E-state index >= 15 is 0 Å². The molecule has 0 radical (unpaired) electrons. The molecule has 2 unspecified atom stereocenters. The van der Waals surface area contributed by atoms with Gasteiger partial charge < -0.3 is 10.2 Å². The number of pyridine rings is 1. The standard InChI is InChI=1S/C17H26N4O/c1-14-13-18-9-12-21(14)16(15-7-3-4-8-19-15)17(22)20-10-5-2-6-11-20/h3-4,7-8,14,16,18H,2,5-6,9-13H2,1H3. The highest BCUT2D eigenvalue weighted by atomic mass is 16.2. The van der Waals surface area contributed by atoms with E-state index in [0.29, 0.717) is 6.04 Å². The molecule has 1 aromatic rings. The number of nitrogens with zero attached hydrogens (tertiary/aromatic N) is 3. The lowest BCUT2D eigenvalue weighted by Gasteiger charge is -2.41. The van der Waals surface area contributed by atoms with Gasteiger partial charge in [-0.25, -0.2) is 0 Å². The van der Waals surface area contributed by atoms with E-state index in [1.165, 1.54) is 6.42 Å². The third kappa shape index (κ3) is 3.31. The van der Waals surface area contributed by atoms with E-state index in [-0.39, 0.29) is 11.9 Å². The predicted molar refractivity (Wildman–Crippen MR) is 86.4 cm³/mol. The molecule has 0 aliphatic carbocycles. The molecule has 3 heterocycles. The highest BCUT2D eigenvalue weighted by molar-refractivity contribution is 5.83. The van der Waals surface area contributed by atoms with Crippen molar-refractivity contribution in [2.75, 3.05) is 32.7 Å². The first-order valence-corrected chi connectivity index (χ1v) is 8.43. The maximum Gasteiger partial charge on any atom is 0.246 e. The molecule has 5 nitrogen and oxygen atoms in total. The first kappa shape index (κ1) is 15.4. The highest BCUT2D eigenvalue weighted by Gasteiger charge is 2.36. The van der Waals surface area contributed by atoms with Gasteiger partial charge >= 0.3 is 0 Å². The zero-order chi connectivity index (χ0) is 15.4. The molecule has 3 rings (SSSR count). The molecular weight excluding hydrogens is 276 g/mol. The number of hydrogen-bond donors (Lipinski definition) is 1. The van der Waals surface area contributed by atoms with E-state index < -0.39 is 0 Å². The van der Waals surface area contributed by atoms with Gasteiger partial charge in [-0.05, 0) is 38.3 Å². The van der Waals surface area contributed by atoms with Crippen LogP contribution >= 0.6 is 0 Å². The molecule has 1 amide bonds. The fourth-order valence-corrected chi connectivity index (χ4v) is 3.50. The minimum absolute atomic E-state index is 0.229. The Bertz CT molecular complexity index is 487. The van der Waals surface area contributed by atoms with Crippen molar-refractivity contribution in [2.24, 2.45) is 0 Å². The maximum atomic E-state index is 13.2. The topological polar surface area (TPSA) is 48.5 Å². The molecule has 2 atom stereocenters. The molecule has 22 heavy (non-hydrogen) atoms. The fraction of sp³-hybridized carbons (Fsp3) is 0.647. The number of rotatable bonds is 3. The van der Waals surface area contributed by atoms with Crippen LogP contribution in [0.1, 0.15) is 37.9 Å². The highest BCUT2D eigenvalue weighted by Crippen LogP contribution is 2.26. The Balaban J connectivity index is 1.86. The summed E-state index contributed by atoms with van der Waals surface area (Å²) in [5.41, 5.74) is 0.881. The molecule has 0 aromatic carbocycles. The smallest absolute Gasteiger partial charge is 0.246 e. The van der Waals surface area contributed by atoms with Gasteiger partial charge in [0.25, 0.3) is 0 Å². The zero-order valence-corrected chi connectivity index (χ0v) is 13.4. The van der Waals surface area contributed by atoms with E-state index in [9.17, 15) is 4.79 Å². The number of aromatic nitrogens is 1. The Morgan fingerprint density at radius 3 is 2.77 bits per heavy atom.